The SMILES string of the molecule is CC(=O)N[C@@H](CC(C)C)C(=O)NCCSSCCC(=O)O. The van der Waals surface area contributed by atoms with Crippen LogP contribution >= 0.6 is 21.6 Å². The van der Waals surface area contributed by atoms with E-state index in [2.05, 4.69) is 10.6 Å². The molecule has 0 heterocycles. The van der Waals surface area contributed by atoms with Gasteiger partial charge in [-0.25, -0.2) is 0 Å². The zero-order chi connectivity index (χ0) is 16.3. The minimum absolute atomic E-state index is 0.142. The van der Waals surface area contributed by atoms with Gasteiger partial charge in [-0.3, -0.25) is 14.4 Å². The van der Waals surface area contributed by atoms with Crippen LogP contribution in [0.15, 0.2) is 0 Å². The molecule has 6 nitrogen and oxygen atoms in total. The maximum absolute atomic E-state index is 12.0. The summed E-state index contributed by atoms with van der Waals surface area (Å²) in [6, 6.07) is -0.493. The van der Waals surface area contributed by atoms with Crippen LogP contribution in [0.3, 0.4) is 0 Å². The minimum atomic E-state index is -0.803. The van der Waals surface area contributed by atoms with Crippen LogP contribution < -0.4 is 10.6 Å². The molecule has 0 aliphatic rings. The molecule has 0 spiro atoms. The van der Waals surface area contributed by atoms with Gasteiger partial charge in [0.2, 0.25) is 11.8 Å². The summed E-state index contributed by atoms with van der Waals surface area (Å²) in [5.74, 6) is 0.376. The van der Waals surface area contributed by atoms with Gasteiger partial charge in [-0.05, 0) is 12.3 Å². The van der Waals surface area contributed by atoms with E-state index in [0.29, 0.717) is 30.4 Å². The Kier molecular flexibility index (Phi) is 11.2. The third-order valence-corrected chi connectivity index (χ3v) is 4.78. The molecular formula is C13H24N2O4S2. The molecule has 21 heavy (non-hydrogen) atoms. The van der Waals surface area contributed by atoms with Crippen LogP contribution in [0.25, 0.3) is 0 Å². The number of nitrogens with one attached hydrogen (secondary N) is 2. The van der Waals surface area contributed by atoms with Crippen molar-refractivity contribution in [2.45, 2.75) is 39.7 Å². The van der Waals surface area contributed by atoms with Crippen molar-refractivity contribution in [3.8, 4) is 0 Å². The number of carbonyl (C=O) groups excluding carboxylic acids is 2. The highest BCUT2D eigenvalue weighted by molar-refractivity contribution is 8.76. The Morgan fingerprint density at radius 2 is 1.76 bits per heavy atom. The zero-order valence-corrected chi connectivity index (χ0v) is 14.3. The number of carbonyl (C=O) groups is 3. The Labute approximate surface area is 133 Å². The minimum Gasteiger partial charge on any atom is -0.481 e. The number of hydrogen-bond acceptors (Lipinski definition) is 5. The van der Waals surface area contributed by atoms with Gasteiger partial charge in [0.05, 0.1) is 6.42 Å². The molecule has 0 bridgehead atoms. The lowest BCUT2D eigenvalue weighted by atomic mass is 10.0. The first kappa shape index (κ1) is 20.1. The first-order chi connectivity index (χ1) is 9.82. The molecular weight excluding hydrogens is 312 g/mol. The van der Waals surface area contributed by atoms with Crippen LogP contribution in [0.2, 0.25) is 0 Å². The summed E-state index contributed by atoms with van der Waals surface area (Å²) in [6.07, 6.45) is 0.745. The van der Waals surface area contributed by atoms with Crippen molar-refractivity contribution in [2.24, 2.45) is 5.92 Å². The first-order valence-corrected chi connectivity index (χ1v) is 9.32. The summed E-state index contributed by atoms with van der Waals surface area (Å²) in [6.45, 7) is 5.89. The monoisotopic (exact) mass is 336 g/mol. The van der Waals surface area contributed by atoms with Gasteiger partial charge in [0.15, 0.2) is 0 Å². The fraction of sp³-hybridized carbons (Fsp3) is 0.769. The highest BCUT2D eigenvalue weighted by Crippen LogP contribution is 2.20. The molecule has 2 amide bonds. The van der Waals surface area contributed by atoms with E-state index in [4.69, 9.17) is 5.11 Å². The number of rotatable bonds is 11. The fourth-order valence-electron chi connectivity index (χ4n) is 1.53. The van der Waals surface area contributed by atoms with E-state index < -0.39 is 12.0 Å². The van der Waals surface area contributed by atoms with Gasteiger partial charge in [-0.2, -0.15) is 0 Å². The highest BCUT2D eigenvalue weighted by atomic mass is 33.1. The van der Waals surface area contributed by atoms with E-state index in [0.717, 1.165) is 0 Å². The molecule has 0 aromatic rings. The van der Waals surface area contributed by atoms with E-state index in [1.807, 2.05) is 13.8 Å². The van der Waals surface area contributed by atoms with Crippen LogP contribution in [0.4, 0.5) is 0 Å². The van der Waals surface area contributed by atoms with Crippen molar-refractivity contribution in [3.05, 3.63) is 0 Å². The largest absolute Gasteiger partial charge is 0.481 e. The van der Waals surface area contributed by atoms with E-state index in [1.54, 1.807) is 0 Å². The summed E-state index contributed by atoms with van der Waals surface area (Å²) in [5, 5.41) is 13.9. The second-order valence-corrected chi connectivity index (χ2v) is 7.66. The third kappa shape index (κ3) is 12.6. The average molecular weight is 336 g/mol. The normalized spacial score (nSPS) is 12.0. The Hall–Kier alpha value is -0.890. The van der Waals surface area contributed by atoms with Gasteiger partial charge in [0, 0.05) is 25.0 Å². The molecule has 8 heteroatoms. The topological polar surface area (TPSA) is 95.5 Å². The second-order valence-electron chi connectivity index (χ2n) is 4.96. The van der Waals surface area contributed by atoms with Crippen molar-refractivity contribution in [1.82, 2.24) is 10.6 Å². The highest BCUT2D eigenvalue weighted by Gasteiger charge is 2.19. The van der Waals surface area contributed by atoms with Crippen LogP contribution in [0, 0.1) is 5.92 Å². The lowest BCUT2D eigenvalue weighted by molar-refractivity contribution is -0.136. The van der Waals surface area contributed by atoms with Crippen molar-refractivity contribution in [2.75, 3.05) is 18.1 Å². The lowest BCUT2D eigenvalue weighted by Gasteiger charge is -2.19. The number of carboxylic acid groups (broad SMARTS) is 1. The fourth-order valence-corrected chi connectivity index (χ4v) is 3.42. The lowest BCUT2D eigenvalue weighted by Crippen LogP contribution is -2.47. The predicted molar refractivity (Wildman–Crippen MR) is 87.2 cm³/mol. The molecule has 0 aromatic heterocycles. The number of carboxylic acids is 1. The molecule has 0 saturated carbocycles. The summed E-state index contributed by atoms with van der Waals surface area (Å²) >= 11 is 0. The van der Waals surface area contributed by atoms with Gasteiger partial charge in [-0.15, -0.1) is 0 Å². The van der Waals surface area contributed by atoms with Crippen LogP contribution in [-0.2, 0) is 14.4 Å². The molecule has 122 valence electrons. The molecule has 1 atom stereocenters. The maximum atomic E-state index is 12.0. The van der Waals surface area contributed by atoms with Crippen LogP contribution in [0.5, 0.6) is 0 Å². The Morgan fingerprint density at radius 3 is 2.29 bits per heavy atom. The summed E-state index contributed by atoms with van der Waals surface area (Å²) < 4.78 is 0. The molecule has 0 radical (unpaired) electrons. The third-order valence-electron chi connectivity index (χ3n) is 2.37. The van der Waals surface area contributed by atoms with Gasteiger partial charge in [-0.1, -0.05) is 35.4 Å². The van der Waals surface area contributed by atoms with Crippen molar-refractivity contribution < 1.29 is 19.5 Å². The van der Waals surface area contributed by atoms with Gasteiger partial charge >= 0.3 is 5.97 Å². The molecule has 0 aliphatic heterocycles. The summed E-state index contributed by atoms with van der Waals surface area (Å²) in [7, 11) is 3.01. The molecule has 0 aliphatic carbocycles. The predicted octanol–water partition coefficient (Wildman–Crippen LogP) is 1.51. The van der Waals surface area contributed by atoms with E-state index in [-0.39, 0.29) is 18.2 Å². The second kappa shape index (κ2) is 11.7. The first-order valence-electron chi connectivity index (χ1n) is 6.84. The Bertz CT molecular complexity index is 351. The van der Waals surface area contributed by atoms with Crippen molar-refractivity contribution in [3.63, 3.8) is 0 Å². The molecule has 3 N–H and O–H groups in total. The van der Waals surface area contributed by atoms with Crippen molar-refractivity contribution >= 4 is 39.4 Å². The summed E-state index contributed by atoms with van der Waals surface area (Å²) in [5.41, 5.74) is 0. The zero-order valence-electron chi connectivity index (χ0n) is 12.7. The number of aliphatic carboxylic acids is 1. The van der Waals surface area contributed by atoms with Gasteiger partial charge in [0.1, 0.15) is 6.04 Å². The molecule has 0 aromatic carbocycles. The number of amides is 2. The average Bonchev–Trinajstić information content (AvgIpc) is 2.35. The quantitative estimate of drug-likeness (QED) is 0.391. The molecule has 0 rings (SSSR count). The maximum Gasteiger partial charge on any atom is 0.304 e. The van der Waals surface area contributed by atoms with E-state index in [1.165, 1.54) is 28.5 Å². The van der Waals surface area contributed by atoms with Crippen LogP contribution in [-0.4, -0.2) is 47.0 Å². The van der Waals surface area contributed by atoms with Crippen molar-refractivity contribution in [1.29, 1.82) is 0 Å². The van der Waals surface area contributed by atoms with Gasteiger partial charge in [0.25, 0.3) is 0 Å². The molecule has 0 fully saturated rings. The van der Waals surface area contributed by atoms with Gasteiger partial charge < -0.3 is 15.7 Å². The Balaban J connectivity index is 3.86. The molecule has 0 saturated heterocycles. The Morgan fingerprint density at radius 1 is 1.14 bits per heavy atom. The van der Waals surface area contributed by atoms with Crippen LogP contribution in [0.1, 0.15) is 33.6 Å². The summed E-state index contributed by atoms with van der Waals surface area (Å²) in [4.78, 5) is 33.4. The standard InChI is InChI=1S/C13H24N2O4S2/c1-9(2)8-11(15-10(3)16)13(19)14-5-7-21-20-6-4-12(17)18/h9,11H,4-8H2,1-3H3,(H,14,19)(H,15,16)(H,17,18)/t11-/m0/s1. The molecule has 0 unspecified atom stereocenters. The van der Waals surface area contributed by atoms with E-state index >= 15 is 0 Å². The number of hydrogen-bond donors (Lipinski definition) is 3. The van der Waals surface area contributed by atoms with E-state index in [9.17, 15) is 14.4 Å². The smallest absolute Gasteiger partial charge is 0.304 e.